The van der Waals surface area contributed by atoms with Crippen LogP contribution >= 0.6 is 0 Å². The first kappa shape index (κ1) is 14.7. The van der Waals surface area contributed by atoms with E-state index >= 15 is 0 Å². The maximum absolute atomic E-state index is 9.10. The van der Waals surface area contributed by atoms with Gasteiger partial charge < -0.3 is 20.8 Å². The molecule has 1 aromatic heterocycles. The number of nitrogens with one attached hydrogen (secondary N) is 2. The van der Waals surface area contributed by atoms with Crippen molar-refractivity contribution in [3.8, 4) is 0 Å². The summed E-state index contributed by atoms with van der Waals surface area (Å²) >= 11 is 0. The van der Waals surface area contributed by atoms with Crippen LogP contribution in [-0.2, 0) is 6.42 Å². The van der Waals surface area contributed by atoms with E-state index in [1.807, 2.05) is 14.0 Å². The van der Waals surface area contributed by atoms with Crippen LogP contribution in [0.5, 0.6) is 0 Å². The summed E-state index contributed by atoms with van der Waals surface area (Å²) in [5.74, 6) is 2.18. The molecular weight excluding hydrogens is 232 g/mol. The molecule has 18 heavy (non-hydrogen) atoms. The molecule has 6 heteroatoms. The molecule has 0 aliphatic heterocycles. The van der Waals surface area contributed by atoms with Crippen LogP contribution in [0.2, 0.25) is 0 Å². The van der Waals surface area contributed by atoms with Gasteiger partial charge in [0.15, 0.2) is 0 Å². The van der Waals surface area contributed by atoms with Crippen molar-refractivity contribution in [2.24, 2.45) is 0 Å². The fourth-order valence-electron chi connectivity index (χ4n) is 1.62. The van der Waals surface area contributed by atoms with E-state index in [4.69, 9.17) is 10.2 Å². The fraction of sp³-hybridized carbons (Fsp3) is 0.667. The van der Waals surface area contributed by atoms with E-state index in [-0.39, 0.29) is 13.2 Å². The highest BCUT2D eigenvalue weighted by atomic mass is 16.3. The zero-order chi connectivity index (χ0) is 13.5. The summed E-state index contributed by atoms with van der Waals surface area (Å²) in [6.45, 7) is 3.69. The summed E-state index contributed by atoms with van der Waals surface area (Å²) in [4.78, 5) is 8.83. The Morgan fingerprint density at radius 3 is 2.28 bits per heavy atom. The molecule has 0 bridgehead atoms. The Labute approximate surface area is 107 Å². The summed E-state index contributed by atoms with van der Waals surface area (Å²) in [5.41, 5.74) is 0.879. The van der Waals surface area contributed by atoms with Crippen LogP contribution in [0.1, 0.15) is 24.7 Å². The highest BCUT2D eigenvalue weighted by molar-refractivity contribution is 5.57. The molecule has 1 heterocycles. The van der Waals surface area contributed by atoms with Gasteiger partial charge in [-0.2, -0.15) is 0 Å². The molecule has 0 radical (unpaired) electrons. The van der Waals surface area contributed by atoms with E-state index in [9.17, 15) is 0 Å². The lowest BCUT2D eigenvalue weighted by Crippen LogP contribution is -2.29. The fourth-order valence-corrected chi connectivity index (χ4v) is 1.62. The first-order chi connectivity index (χ1) is 8.65. The average molecular weight is 254 g/mol. The first-order valence-electron chi connectivity index (χ1n) is 6.19. The molecule has 0 fully saturated rings. The van der Waals surface area contributed by atoms with Crippen molar-refractivity contribution < 1.29 is 10.2 Å². The minimum Gasteiger partial charge on any atom is -0.394 e. The zero-order valence-electron chi connectivity index (χ0n) is 11.2. The summed E-state index contributed by atoms with van der Waals surface area (Å²) in [7, 11) is 1.81. The maximum atomic E-state index is 9.10. The van der Waals surface area contributed by atoms with E-state index in [1.165, 1.54) is 0 Å². The monoisotopic (exact) mass is 254 g/mol. The third-order valence-corrected chi connectivity index (χ3v) is 2.68. The molecule has 1 aromatic rings. The summed E-state index contributed by atoms with van der Waals surface area (Å²) in [5, 5.41) is 24.2. The van der Waals surface area contributed by atoms with Gasteiger partial charge in [0.25, 0.3) is 0 Å². The number of hydrogen-bond donors (Lipinski definition) is 4. The van der Waals surface area contributed by atoms with Gasteiger partial charge in [-0.3, -0.25) is 0 Å². The highest BCUT2D eigenvalue weighted by Crippen LogP contribution is 2.20. The molecule has 0 unspecified atom stereocenters. The number of aliphatic hydroxyl groups is 2. The molecule has 1 rings (SSSR count). The lowest BCUT2D eigenvalue weighted by atomic mass is 10.2. The Morgan fingerprint density at radius 1 is 1.17 bits per heavy atom. The van der Waals surface area contributed by atoms with Crippen molar-refractivity contribution in [3.63, 3.8) is 0 Å². The van der Waals surface area contributed by atoms with Gasteiger partial charge in [0.1, 0.15) is 17.5 Å². The second kappa shape index (κ2) is 7.13. The number of aromatic nitrogens is 2. The van der Waals surface area contributed by atoms with Gasteiger partial charge in [-0.05, 0) is 13.3 Å². The Balaban J connectivity index is 3.03. The molecule has 0 saturated carbocycles. The number of aliphatic hydroxyl groups excluding tert-OH is 2. The van der Waals surface area contributed by atoms with Crippen molar-refractivity contribution in [1.82, 2.24) is 9.97 Å². The van der Waals surface area contributed by atoms with Gasteiger partial charge in [-0.15, -0.1) is 0 Å². The molecule has 102 valence electrons. The Morgan fingerprint density at radius 2 is 1.78 bits per heavy atom. The molecule has 0 saturated heterocycles. The van der Waals surface area contributed by atoms with Crippen molar-refractivity contribution in [3.05, 3.63) is 11.4 Å². The van der Waals surface area contributed by atoms with Gasteiger partial charge >= 0.3 is 0 Å². The minimum atomic E-state index is -0.405. The Bertz CT molecular complexity index is 381. The topological polar surface area (TPSA) is 90.3 Å². The van der Waals surface area contributed by atoms with Gasteiger partial charge in [-0.1, -0.05) is 6.92 Å². The number of hydrogen-bond acceptors (Lipinski definition) is 6. The van der Waals surface area contributed by atoms with Gasteiger partial charge in [0.05, 0.1) is 19.3 Å². The number of nitrogens with zero attached hydrogens (tertiary/aromatic N) is 2. The van der Waals surface area contributed by atoms with Crippen LogP contribution in [0.25, 0.3) is 0 Å². The van der Waals surface area contributed by atoms with E-state index in [0.29, 0.717) is 5.82 Å². The molecule has 4 N–H and O–H groups in total. The van der Waals surface area contributed by atoms with Crippen LogP contribution in [-0.4, -0.2) is 46.5 Å². The van der Waals surface area contributed by atoms with Crippen molar-refractivity contribution in [2.45, 2.75) is 32.7 Å². The second-order valence-corrected chi connectivity index (χ2v) is 4.17. The van der Waals surface area contributed by atoms with Gasteiger partial charge in [-0.25, -0.2) is 9.97 Å². The van der Waals surface area contributed by atoms with Crippen molar-refractivity contribution in [2.75, 3.05) is 30.9 Å². The van der Waals surface area contributed by atoms with E-state index in [1.54, 1.807) is 0 Å². The maximum Gasteiger partial charge on any atom is 0.135 e. The van der Waals surface area contributed by atoms with E-state index in [0.717, 1.165) is 30.0 Å². The normalized spacial score (nSPS) is 10.8. The Hall–Kier alpha value is -1.40. The lowest BCUT2D eigenvalue weighted by molar-refractivity contribution is 0.203. The predicted octanol–water partition coefficient (Wildman–Crippen LogP) is 0.544. The van der Waals surface area contributed by atoms with Crippen LogP contribution in [0.15, 0.2) is 0 Å². The van der Waals surface area contributed by atoms with Crippen molar-refractivity contribution >= 4 is 11.6 Å². The average Bonchev–Trinajstić information content (AvgIpc) is 2.39. The van der Waals surface area contributed by atoms with Crippen LogP contribution in [0.3, 0.4) is 0 Å². The molecular formula is C12H22N4O2. The predicted molar refractivity (Wildman–Crippen MR) is 71.9 cm³/mol. The molecule has 0 aliphatic rings. The third kappa shape index (κ3) is 3.54. The molecule has 0 aliphatic carbocycles. The highest BCUT2D eigenvalue weighted by Gasteiger charge is 2.13. The summed E-state index contributed by atoms with van der Waals surface area (Å²) in [6, 6.07) is -0.405. The quantitative estimate of drug-likeness (QED) is 0.568. The third-order valence-electron chi connectivity index (χ3n) is 2.68. The largest absolute Gasteiger partial charge is 0.394 e. The summed E-state index contributed by atoms with van der Waals surface area (Å²) in [6.07, 6.45) is 1.77. The van der Waals surface area contributed by atoms with Crippen molar-refractivity contribution in [1.29, 1.82) is 0 Å². The number of aryl methyl sites for hydroxylation is 1. The van der Waals surface area contributed by atoms with E-state index < -0.39 is 6.04 Å². The number of rotatable bonds is 7. The second-order valence-electron chi connectivity index (χ2n) is 4.17. The molecule has 0 spiro atoms. The Kier molecular flexibility index (Phi) is 5.80. The van der Waals surface area contributed by atoms with Crippen LogP contribution < -0.4 is 10.6 Å². The molecule has 6 nitrogen and oxygen atoms in total. The SMILES string of the molecule is CCCc1nc(NC)c(C)c(NC(CO)CO)n1. The lowest BCUT2D eigenvalue weighted by Gasteiger charge is -2.18. The molecule has 0 amide bonds. The van der Waals surface area contributed by atoms with Gasteiger partial charge in [0, 0.05) is 19.0 Å². The number of anilines is 2. The standard InChI is InChI=1S/C12H22N4O2/c1-4-5-10-15-11(13-3)8(2)12(16-10)14-9(6-17)7-18/h9,17-18H,4-7H2,1-3H3,(H2,13,14,15,16). The minimum absolute atomic E-state index is 0.141. The first-order valence-corrected chi connectivity index (χ1v) is 6.19. The smallest absolute Gasteiger partial charge is 0.135 e. The van der Waals surface area contributed by atoms with Crippen LogP contribution in [0.4, 0.5) is 11.6 Å². The van der Waals surface area contributed by atoms with Gasteiger partial charge in [0.2, 0.25) is 0 Å². The van der Waals surface area contributed by atoms with E-state index in [2.05, 4.69) is 27.5 Å². The summed E-state index contributed by atoms with van der Waals surface area (Å²) < 4.78 is 0. The zero-order valence-corrected chi connectivity index (χ0v) is 11.2. The van der Waals surface area contributed by atoms with Crippen LogP contribution in [0, 0.1) is 6.92 Å². The molecule has 0 aromatic carbocycles. The molecule has 0 atom stereocenters.